The second kappa shape index (κ2) is 6.93. The highest BCUT2D eigenvalue weighted by molar-refractivity contribution is 6.36. The highest BCUT2D eigenvalue weighted by Crippen LogP contribution is 2.38. The number of rotatable bonds is 4. The van der Waals surface area contributed by atoms with E-state index >= 15 is 0 Å². The summed E-state index contributed by atoms with van der Waals surface area (Å²) in [6.45, 7) is 3.97. The number of amides is 1. The van der Waals surface area contributed by atoms with Crippen molar-refractivity contribution in [3.63, 3.8) is 0 Å². The second-order valence-electron chi connectivity index (χ2n) is 7.41. The summed E-state index contributed by atoms with van der Waals surface area (Å²) in [7, 11) is 0. The molecule has 3 aromatic rings. The number of carbonyl (C=O) groups is 1. The molecule has 7 heteroatoms. The fourth-order valence-electron chi connectivity index (χ4n) is 3.69. The zero-order valence-corrected chi connectivity index (χ0v) is 16.1. The summed E-state index contributed by atoms with van der Waals surface area (Å²) in [5, 5.41) is 19.1. The van der Waals surface area contributed by atoms with Gasteiger partial charge in [0.05, 0.1) is 10.4 Å². The number of hydrogen-bond donors (Lipinski definition) is 2. The minimum absolute atomic E-state index is 0.105. The van der Waals surface area contributed by atoms with Crippen LogP contribution >= 0.6 is 11.6 Å². The Morgan fingerprint density at radius 2 is 2.07 bits per heavy atom. The van der Waals surface area contributed by atoms with Crippen LogP contribution in [0.1, 0.15) is 56.1 Å². The molecule has 0 saturated heterocycles. The summed E-state index contributed by atoms with van der Waals surface area (Å²) in [6.07, 6.45) is 6.18. The first-order chi connectivity index (χ1) is 12.9. The van der Waals surface area contributed by atoms with Crippen LogP contribution in [0.3, 0.4) is 0 Å². The molecule has 6 nitrogen and oxygen atoms in total. The van der Waals surface area contributed by atoms with Crippen molar-refractivity contribution in [2.45, 2.75) is 51.6 Å². The van der Waals surface area contributed by atoms with Crippen molar-refractivity contribution in [1.82, 2.24) is 15.0 Å². The van der Waals surface area contributed by atoms with Crippen LogP contribution in [-0.4, -0.2) is 26.8 Å². The fourth-order valence-corrected chi connectivity index (χ4v) is 4.00. The summed E-state index contributed by atoms with van der Waals surface area (Å²) in [4.78, 5) is 12.4. The maximum Gasteiger partial charge on any atom is 0.273 e. The van der Waals surface area contributed by atoms with Gasteiger partial charge in [0.1, 0.15) is 0 Å². The zero-order valence-electron chi connectivity index (χ0n) is 15.3. The van der Waals surface area contributed by atoms with E-state index in [1.54, 1.807) is 16.7 Å². The third-order valence-corrected chi connectivity index (χ3v) is 5.44. The predicted molar refractivity (Wildman–Crippen MR) is 104 cm³/mol. The molecule has 2 N–H and O–H groups in total. The van der Waals surface area contributed by atoms with Crippen LogP contribution in [0.4, 0.5) is 0 Å². The Balaban J connectivity index is 1.64. The topological polar surface area (TPSA) is 80.3 Å². The molecule has 0 unspecified atom stereocenters. The van der Waals surface area contributed by atoms with Crippen molar-refractivity contribution in [3.05, 3.63) is 35.1 Å². The van der Waals surface area contributed by atoms with Crippen molar-refractivity contribution < 1.29 is 14.4 Å². The van der Waals surface area contributed by atoms with Crippen LogP contribution < -0.4 is 5.32 Å². The first-order valence-corrected chi connectivity index (χ1v) is 9.63. The van der Waals surface area contributed by atoms with Gasteiger partial charge in [-0.25, -0.2) is 0 Å². The smallest absolute Gasteiger partial charge is 0.273 e. The fraction of sp³-hybridized carbons (Fsp3) is 0.400. The van der Waals surface area contributed by atoms with Gasteiger partial charge in [-0.05, 0) is 38.8 Å². The standard InChI is InChI=1S/C20H22ClN3O3/c1-11(2)24-10-13-7-12(8-15(21)18(13)20(24)26)17-9-16(23-27-17)19(25)22-14-5-3-4-6-14/h7-11,14,26H,3-6H2,1-2H3,(H,22,25). The van der Waals surface area contributed by atoms with E-state index in [1.807, 2.05) is 26.1 Å². The average Bonchev–Trinajstić information content (AvgIpc) is 3.34. The van der Waals surface area contributed by atoms with Crippen molar-refractivity contribution in [2.24, 2.45) is 0 Å². The summed E-state index contributed by atoms with van der Waals surface area (Å²) >= 11 is 6.40. The van der Waals surface area contributed by atoms with Gasteiger partial charge in [0.25, 0.3) is 5.91 Å². The van der Waals surface area contributed by atoms with Crippen molar-refractivity contribution >= 4 is 28.3 Å². The molecule has 1 amide bonds. The van der Waals surface area contributed by atoms with E-state index in [0.29, 0.717) is 21.7 Å². The first kappa shape index (κ1) is 17.9. The first-order valence-electron chi connectivity index (χ1n) is 9.25. The van der Waals surface area contributed by atoms with Crippen LogP contribution in [0, 0.1) is 0 Å². The summed E-state index contributed by atoms with van der Waals surface area (Å²) in [5.74, 6) is 0.394. The zero-order chi connectivity index (χ0) is 19.1. The molecule has 0 spiro atoms. The Labute approximate surface area is 162 Å². The number of hydrogen-bond acceptors (Lipinski definition) is 4. The van der Waals surface area contributed by atoms with Gasteiger partial charge in [0, 0.05) is 35.3 Å². The molecule has 1 aromatic carbocycles. The quantitative estimate of drug-likeness (QED) is 0.666. The minimum atomic E-state index is -0.215. The molecule has 1 aliphatic rings. The third kappa shape index (κ3) is 3.30. The minimum Gasteiger partial charge on any atom is -0.494 e. The molecule has 0 radical (unpaired) electrons. The summed E-state index contributed by atoms with van der Waals surface area (Å²) in [5.41, 5.74) is 0.969. The highest BCUT2D eigenvalue weighted by Gasteiger charge is 2.21. The maximum atomic E-state index is 12.4. The van der Waals surface area contributed by atoms with Gasteiger partial charge in [-0.1, -0.05) is 29.6 Å². The Kier molecular flexibility index (Phi) is 4.60. The molecule has 1 aliphatic carbocycles. The molecule has 1 fully saturated rings. The van der Waals surface area contributed by atoms with E-state index in [-0.39, 0.29) is 29.6 Å². The van der Waals surface area contributed by atoms with Crippen molar-refractivity contribution in [1.29, 1.82) is 0 Å². The van der Waals surface area contributed by atoms with Crippen molar-refractivity contribution in [3.8, 4) is 17.2 Å². The predicted octanol–water partition coefficient (Wildman–Crippen LogP) is 4.91. The Hall–Kier alpha value is -2.47. The number of benzene rings is 1. The summed E-state index contributed by atoms with van der Waals surface area (Å²) < 4.78 is 7.15. The van der Waals surface area contributed by atoms with Crippen LogP contribution in [0.15, 0.2) is 28.9 Å². The lowest BCUT2D eigenvalue weighted by atomic mass is 10.1. The van der Waals surface area contributed by atoms with Crippen LogP contribution in [-0.2, 0) is 0 Å². The molecular formula is C20H22ClN3O3. The summed E-state index contributed by atoms with van der Waals surface area (Å²) in [6, 6.07) is 5.54. The number of halogens is 1. The molecule has 0 atom stereocenters. The van der Waals surface area contributed by atoms with Gasteiger partial charge < -0.3 is 19.5 Å². The van der Waals surface area contributed by atoms with Gasteiger partial charge in [-0.15, -0.1) is 0 Å². The Morgan fingerprint density at radius 3 is 2.78 bits per heavy atom. The normalized spacial score (nSPS) is 15.1. The lowest BCUT2D eigenvalue weighted by Crippen LogP contribution is -2.32. The van der Waals surface area contributed by atoms with E-state index in [2.05, 4.69) is 10.5 Å². The van der Waals surface area contributed by atoms with E-state index in [0.717, 1.165) is 31.1 Å². The van der Waals surface area contributed by atoms with Crippen LogP contribution in [0.2, 0.25) is 5.02 Å². The number of aromatic nitrogens is 2. The Morgan fingerprint density at radius 1 is 1.33 bits per heavy atom. The van der Waals surface area contributed by atoms with Crippen molar-refractivity contribution in [2.75, 3.05) is 0 Å². The Bertz CT molecular complexity index is 999. The van der Waals surface area contributed by atoms with Gasteiger partial charge in [0.2, 0.25) is 5.88 Å². The van der Waals surface area contributed by atoms with Gasteiger partial charge in [0.15, 0.2) is 11.5 Å². The second-order valence-corrected chi connectivity index (χ2v) is 7.81. The molecular weight excluding hydrogens is 366 g/mol. The maximum absolute atomic E-state index is 12.4. The molecule has 1 saturated carbocycles. The molecule has 142 valence electrons. The van der Waals surface area contributed by atoms with E-state index in [4.69, 9.17) is 16.1 Å². The van der Waals surface area contributed by atoms with E-state index in [9.17, 15) is 9.90 Å². The van der Waals surface area contributed by atoms with E-state index < -0.39 is 0 Å². The average molecular weight is 388 g/mol. The number of fused-ring (bicyclic) bond motifs is 1. The number of nitrogens with one attached hydrogen (secondary N) is 1. The molecule has 2 aromatic heterocycles. The van der Waals surface area contributed by atoms with Crippen LogP contribution in [0.25, 0.3) is 22.1 Å². The van der Waals surface area contributed by atoms with E-state index in [1.165, 1.54) is 0 Å². The number of carbonyl (C=O) groups excluding carboxylic acids is 1. The number of aromatic hydroxyl groups is 1. The van der Waals surface area contributed by atoms with Gasteiger partial charge in [-0.2, -0.15) is 0 Å². The highest BCUT2D eigenvalue weighted by atomic mass is 35.5. The van der Waals surface area contributed by atoms with Crippen LogP contribution in [0.5, 0.6) is 5.88 Å². The molecule has 4 rings (SSSR count). The molecule has 0 aliphatic heterocycles. The third-order valence-electron chi connectivity index (χ3n) is 5.14. The van der Waals surface area contributed by atoms with Gasteiger partial charge in [-0.3, -0.25) is 4.79 Å². The SMILES string of the molecule is CC(C)n1cc2cc(-c3cc(C(=O)NC4CCCC4)no3)cc(Cl)c2c1O. The number of nitrogens with zero attached hydrogens (tertiary/aromatic N) is 2. The lowest BCUT2D eigenvalue weighted by Gasteiger charge is -2.09. The molecule has 2 heterocycles. The molecule has 0 bridgehead atoms. The largest absolute Gasteiger partial charge is 0.494 e. The van der Waals surface area contributed by atoms with Gasteiger partial charge >= 0.3 is 0 Å². The molecule has 27 heavy (non-hydrogen) atoms. The monoisotopic (exact) mass is 387 g/mol. The lowest BCUT2D eigenvalue weighted by molar-refractivity contribution is 0.0929.